The highest BCUT2D eigenvalue weighted by Gasteiger charge is 2.27. The zero-order chi connectivity index (χ0) is 21.3. The molecule has 29 heavy (non-hydrogen) atoms. The summed E-state index contributed by atoms with van der Waals surface area (Å²) in [5, 5.41) is 2.80. The molecule has 0 aliphatic heterocycles. The van der Waals surface area contributed by atoms with Gasteiger partial charge in [-0.2, -0.15) is 0 Å². The van der Waals surface area contributed by atoms with E-state index in [1.165, 1.54) is 12.1 Å². The highest BCUT2D eigenvalue weighted by Crippen LogP contribution is 2.26. The zero-order valence-corrected chi connectivity index (χ0v) is 19.1. The summed E-state index contributed by atoms with van der Waals surface area (Å²) < 4.78 is 33.9. The van der Waals surface area contributed by atoms with Gasteiger partial charge in [0.1, 0.15) is 12.3 Å². The van der Waals surface area contributed by atoms with Crippen LogP contribution >= 0.6 is 15.9 Å². The summed E-state index contributed by atoms with van der Waals surface area (Å²) in [4.78, 5) is 12.6. The largest absolute Gasteiger partial charge is 0.494 e. The number of rotatable bonds is 11. The van der Waals surface area contributed by atoms with Gasteiger partial charge in [0.25, 0.3) is 10.0 Å². The number of halogens is 1. The van der Waals surface area contributed by atoms with Gasteiger partial charge in [-0.05, 0) is 61.9 Å². The second-order valence-electron chi connectivity index (χ2n) is 6.45. The first-order chi connectivity index (χ1) is 13.9. The topological polar surface area (TPSA) is 75.7 Å². The summed E-state index contributed by atoms with van der Waals surface area (Å²) >= 11 is 3.31. The molecule has 0 atom stereocenters. The second kappa shape index (κ2) is 11.2. The molecule has 0 spiro atoms. The van der Waals surface area contributed by atoms with Gasteiger partial charge in [-0.25, -0.2) is 8.42 Å². The average molecular weight is 483 g/mol. The van der Waals surface area contributed by atoms with Crippen molar-refractivity contribution in [1.29, 1.82) is 0 Å². The molecule has 158 valence electrons. The molecule has 0 aliphatic carbocycles. The minimum Gasteiger partial charge on any atom is -0.494 e. The fourth-order valence-electron chi connectivity index (χ4n) is 2.71. The van der Waals surface area contributed by atoms with Gasteiger partial charge >= 0.3 is 0 Å². The van der Waals surface area contributed by atoms with Crippen LogP contribution in [-0.2, 0) is 14.8 Å². The average Bonchev–Trinajstić information content (AvgIpc) is 2.71. The highest BCUT2D eigenvalue weighted by molar-refractivity contribution is 9.10. The molecule has 0 aromatic heterocycles. The Morgan fingerprint density at radius 2 is 1.69 bits per heavy atom. The maximum absolute atomic E-state index is 13.3. The summed E-state index contributed by atoms with van der Waals surface area (Å²) in [5.74, 6) is 0.303. The van der Waals surface area contributed by atoms with E-state index in [2.05, 4.69) is 28.2 Å². The van der Waals surface area contributed by atoms with Crippen LogP contribution < -0.4 is 14.4 Å². The number of nitrogens with one attached hydrogen (secondary N) is 1. The maximum Gasteiger partial charge on any atom is 0.264 e. The lowest BCUT2D eigenvalue weighted by Crippen LogP contribution is -2.41. The van der Waals surface area contributed by atoms with Crippen molar-refractivity contribution in [3.05, 3.63) is 53.0 Å². The van der Waals surface area contributed by atoms with Crippen LogP contribution in [-0.4, -0.2) is 34.0 Å². The van der Waals surface area contributed by atoms with Crippen molar-refractivity contribution < 1.29 is 17.9 Å². The first kappa shape index (κ1) is 23.2. The fraction of sp³-hybridized carbons (Fsp3) is 0.381. The molecule has 0 saturated carbocycles. The third kappa shape index (κ3) is 6.75. The van der Waals surface area contributed by atoms with E-state index in [9.17, 15) is 13.2 Å². The van der Waals surface area contributed by atoms with Crippen molar-refractivity contribution in [2.24, 2.45) is 0 Å². The lowest BCUT2D eigenvalue weighted by atomic mass is 10.2. The monoisotopic (exact) mass is 482 g/mol. The molecule has 0 bridgehead atoms. The third-order valence-corrected chi connectivity index (χ3v) is 6.54. The van der Waals surface area contributed by atoms with E-state index in [4.69, 9.17) is 4.74 Å². The minimum atomic E-state index is -3.92. The smallest absolute Gasteiger partial charge is 0.264 e. The number of carbonyl (C=O) groups excluding carboxylic acids is 1. The van der Waals surface area contributed by atoms with Gasteiger partial charge in [0.2, 0.25) is 5.91 Å². The number of hydrogen-bond donors (Lipinski definition) is 1. The van der Waals surface area contributed by atoms with Gasteiger partial charge in [0, 0.05) is 11.0 Å². The molecular weight excluding hydrogens is 456 g/mol. The van der Waals surface area contributed by atoms with Crippen LogP contribution in [0.1, 0.15) is 33.1 Å². The summed E-state index contributed by atoms with van der Waals surface area (Å²) in [7, 11) is -3.92. The number of benzene rings is 2. The molecule has 0 unspecified atom stereocenters. The summed E-state index contributed by atoms with van der Waals surface area (Å²) in [6, 6.07) is 13.0. The number of hydrogen-bond acceptors (Lipinski definition) is 4. The molecule has 0 radical (unpaired) electrons. The van der Waals surface area contributed by atoms with E-state index in [1.807, 2.05) is 6.92 Å². The van der Waals surface area contributed by atoms with Crippen LogP contribution in [0.3, 0.4) is 0 Å². The van der Waals surface area contributed by atoms with E-state index in [0.717, 1.165) is 28.0 Å². The summed E-state index contributed by atoms with van der Waals surface area (Å²) in [6.45, 7) is 4.71. The molecule has 1 amide bonds. The van der Waals surface area contributed by atoms with Gasteiger partial charge in [-0.3, -0.25) is 9.10 Å². The Kier molecular flexibility index (Phi) is 8.98. The second-order valence-corrected chi connectivity index (χ2v) is 9.23. The Morgan fingerprint density at radius 3 is 2.28 bits per heavy atom. The number of nitrogens with zero attached hydrogens (tertiary/aromatic N) is 1. The molecule has 0 aliphatic rings. The van der Waals surface area contributed by atoms with Gasteiger partial charge in [-0.15, -0.1) is 0 Å². The van der Waals surface area contributed by atoms with Crippen molar-refractivity contribution in [2.75, 3.05) is 24.0 Å². The lowest BCUT2D eigenvalue weighted by Gasteiger charge is -2.24. The van der Waals surface area contributed by atoms with Crippen LogP contribution in [0.15, 0.2) is 57.9 Å². The number of amides is 1. The van der Waals surface area contributed by atoms with E-state index in [0.29, 0.717) is 24.6 Å². The van der Waals surface area contributed by atoms with Crippen LogP contribution in [0.2, 0.25) is 0 Å². The quantitative estimate of drug-likeness (QED) is 0.483. The number of carbonyl (C=O) groups is 1. The standard InChI is InChI=1S/C21H27BrN2O4S/c1-3-5-6-15-23-21(25)16-24(18-9-11-19(12-10-18)28-4-2)29(26,27)20-13-7-17(22)8-14-20/h7-14H,3-6,15-16H2,1-2H3,(H,23,25). The highest BCUT2D eigenvalue weighted by atomic mass is 79.9. The first-order valence-electron chi connectivity index (χ1n) is 9.66. The van der Waals surface area contributed by atoms with E-state index < -0.39 is 10.0 Å². The van der Waals surface area contributed by atoms with Gasteiger partial charge in [0.15, 0.2) is 0 Å². The van der Waals surface area contributed by atoms with Crippen molar-refractivity contribution in [1.82, 2.24) is 5.32 Å². The maximum atomic E-state index is 13.3. The number of sulfonamides is 1. The van der Waals surface area contributed by atoms with Gasteiger partial charge in [-0.1, -0.05) is 35.7 Å². The van der Waals surface area contributed by atoms with Gasteiger partial charge in [0.05, 0.1) is 17.2 Å². The van der Waals surface area contributed by atoms with E-state index >= 15 is 0 Å². The molecule has 6 nitrogen and oxygen atoms in total. The number of anilines is 1. The minimum absolute atomic E-state index is 0.119. The number of ether oxygens (including phenoxy) is 1. The van der Waals surface area contributed by atoms with Gasteiger partial charge < -0.3 is 10.1 Å². The van der Waals surface area contributed by atoms with Crippen molar-refractivity contribution in [3.8, 4) is 5.75 Å². The van der Waals surface area contributed by atoms with E-state index in [-0.39, 0.29) is 17.3 Å². The summed E-state index contributed by atoms with van der Waals surface area (Å²) in [6.07, 6.45) is 2.93. The molecule has 2 aromatic carbocycles. The zero-order valence-electron chi connectivity index (χ0n) is 16.7. The SMILES string of the molecule is CCCCCNC(=O)CN(c1ccc(OCC)cc1)S(=O)(=O)c1ccc(Br)cc1. The molecule has 2 rings (SSSR count). The van der Waals surface area contributed by atoms with Crippen LogP contribution in [0.4, 0.5) is 5.69 Å². The molecule has 1 N–H and O–H groups in total. The normalized spacial score (nSPS) is 11.1. The molecule has 0 fully saturated rings. The Hall–Kier alpha value is -2.06. The van der Waals surface area contributed by atoms with E-state index in [1.54, 1.807) is 36.4 Å². The van der Waals surface area contributed by atoms with Crippen molar-refractivity contribution >= 4 is 37.5 Å². The summed E-state index contributed by atoms with van der Waals surface area (Å²) in [5.41, 5.74) is 0.403. The van der Waals surface area contributed by atoms with Crippen molar-refractivity contribution in [3.63, 3.8) is 0 Å². The molecule has 2 aromatic rings. The third-order valence-electron chi connectivity index (χ3n) is 4.23. The molecule has 0 heterocycles. The number of unbranched alkanes of at least 4 members (excludes halogenated alkanes) is 2. The molecular formula is C21H27BrN2O4S. The fourth-order valence-corrected chi connectivity index (χ4v) is 4.40. The Morgan fingerprint density at radius 1 is 1.03 bits per heavy atom. The van der Waals surface area contributed by atoms with Crippen LogP contribution in [0.25, 0.3) is 0 Å². The predicted octanol–water partition coefficient (Wildman–Crippen LogP) is 4.35. The Bertz CT molecular complexity index is 884. The Labute approximate surface area is 181 Å². The van der Waals surface area contributed by atoms with Crippen LogP contribution in [0.5, 0.6) is 5.75 Å². The molecule has 0 saturated heterocycles. The van der Waals surface area contributed by atoms with Crippen LogP contribution in [0, 0.1) is 0 Å². The lowest BCUT2D eigenvalue weighted by molar-refractivity contribution is -0.119. The van der Waals surface area contributed by atoms with Crippen molar-refractivity contribution in [2.45, 2.75) is 38.0 Å². The molecule has 8 heteroatoms. The predicted molar refractivity (Wildman–Crippen MR) is 119 cm³/mol. The Balaban J connectivity index is 2.29. The first-order valence-corrected chi connectivity index (χ1v) is 11.9.